The molecule has 0 aliphatic heterocycles. The van der Waals surface area contributed by atoms with Crippen LogP contribution in [0.5, 0.6) is 0 Å². The van der Waals surface area contributed by atoms with Gasteiger partial charge in [0.05, 0.1) is 16.8 Å². The van der Waals surface area contributed by atoms with Gasteiger partial charge in [-0.2, -0.15) is 0 Å². The fraction of sp³-hybridized carbons (Fsp3) is 0.0137. The Balaban J connectivity index is 1.08. The first-order valence-corrected chi connectivity index (χ1v) is 26.8. The normalized spacial score (nSPS) is 12.9. The van der Waals surface area contributed by atoms with E-state index in [9.17, 15) is 0 Å². The van der Waals surface area contributed by atoms with Crippen molar-refractivity contribution in [3.8, 4) is 55.6 Å². The van der Waals surface area contributed by atoms with E-state index in [1.54, 1.807) is 0 Å². The van der Waals surface area contributed by atoms with Crippen molar-refractivity contribution in [1.29, 1.82) is 0 Å². The van der Waals surface area contributed by atoms with E-state index in [2.05, 4.69) is 278 Å². The second-order valence-corrected chi connectivity index (χ2v) is 21.3. The lowest BCUT2D eigenvalue weighted by Gasteiger charge is -2.34. The van der Waals surface area contributed by atoms with Crippen LogP contribution < -0.4 is 4.90 Å². The van der Waals surface area contributed by atoms with Gasteiger partial charge >= 0.3 is 0 Å². The molecule has 0 bridgehead atoms. The standard InChI is InChI=1S/C73H45NS/c1-3-20-46(21-4-1)48-38-41-69(61(42-48)47-22-5-2-6-23-47)74(49-39-40-54-52-26-8-7-24-50(52)51-25-9-10-27-53(51)62(54)43-49)70-45-68-63(44-64(70)60-33-19-32-59-58-31-14-18-37-71(58)75-72(59)60)57-30-13-17-36-67(57)73(68)65-34-15-11-28-55(65)56-29-12-16-35-66(56)73/h1-45H. The zero-order valence-electron chi connectivity index (χ0n) is 40.8. The van der Waals surface area contributed by atoms with Gasteiger partial charge in [-0.1, -0.05) is 231 Å². The van der Waals surface area contributed by atoms with Crippen molar-refractivity contribution >= 4 is 80.9 Å². The van der Waals surface area contributed by atoms with Crippen molar-refractivity contribution < 1.29 is 0 Å². The predicted molar refractivity (Wildman–Crippen MR) is 319 cm³/mol. The van der Waals surface area contributed by atoms with E-state index in [0.717, 1.165) is 28.2 Å². The first-order chi connectivity index (χ1) is 37.2. The van der Waals surface area contributed by atoms with Gasteiger partial charge in [0.2, 0.25) is 0 Å². The molecule has 13 aromatic carbocycles. The average Bonchev–Trinajstić information content (AvgIpc) is 4.12. The van der Waals surface area contributed by atoms with Crippen LogP contribution in [0.4, 0.5) is 17.1 Å². The quantitative estimate of drug-likeness (QED) is 0.150. The Morgan fingerprint density at radius 2 is 0.760 bits per heavy atom. The Morgan fingerprint density at radius 1 is 0.253 bits per heavy atom. The van der Waals surface area contributed by atoms with Gasteiger partial charge in [-0.25, -0.2) is 0 Å². The minimum Gasteiger partial charge on any atom is -0.309 e. The maximum atomic E-state index is 2.62. The van der Waals surface area contributed by atoms with E-state index in [-0.39, 0.29) is 0 Å². The maximum absolute atomic E-state index is 2.62. The number of benzene rings is 13. The minimum absolute atomic E-state index is 0.556. The predicted octanol–water partition coefficient (Wildman–Crippen LogP) is 20.3. The highest BCUT2D eigenvalue weighted by atomic mass is 32.1. The molecule has 348 valence electrons. The topological polar surface area (TPSA) is 3.24 Å². The first-order valence-electron chi connectivity index (χ1n) is 26.0. The summed E-state index contributed by atoms with van der Waals surface area (Å²) in [4.78, 5) is 2.62. The van der Waals surface area contributed by atoms with Gasteiger partial charge in [-0.3, -0.25) is 0 Å². The summed E-state index contributed by atoms with van der Waals surface area (Å²) in [5.41, 5.74) is 20.3. The summed E-state index contributed by atoms with van der Waals surface area (Å²) in [5.74, 6) is 0. The maximum Gasteiger partial charge on any atom is 0.0726 e. The van der Waals surface area contributed by atoms with Crippen molar-refractivity contribution in [1.82, 2.24) is 0 Å². The van der Waals surface area contributed by atoms with Crippen LogP contribution in [0.15, 0.2) is 273 Å². The lowest BCUT2D eigenvalue weighted by atomic mass is 9.70. The summed E-state index contributed by atoms with van der Waals surface area (Å²) in [5, 5.41) is 10.1. The van der Waals surface area contributed by atoms with E-state index < -0.39 is 5.41 Å². The molecule has 1 aromatic heterocycles. The molecule has 14 aromatic rings. The molecule has 0 unspecified atom stereocenters. The lowest BCUT2D eigenvalue weighted by molar-refractivity contribution is 0.794. The fourth-order valence-corrected chi connectivity index (χ4v) is 14.5. The molecule has 0 saturated carbocycles. The molecule has 1 spiro atoms. The third-order valence-corrected chi connectivity index (χ3v) is 17.7. The van der Waals surface area contributed by atoms with Crippen LogP contribution in [0, 0.1) is 0 Å². The molecule has 2 aliphatic carbocycles. The second-order valence-electron chi connectivity index (χ2n) is 20.2. The van der Waals surface area contributed by atoms with E-state index in [1.165, 1.54) is 119 Å². The second kappa shape index (κ2) is 16.3. The van der Waals surface area contributed by atoms with Crippen molar-refractivity contribution in [2.45, 2.75) is 5.41 Å². The number of thiophene rings is 1. The van der Waals surface area contributed by atoms with Crippen LogP contribution in [0.25, 0.3) is 108 Å². The third kappa shape index (κ3) is 6.06. The smallest absolute Gasteiger partial charge is 0.0726 e. The SMILES string of the molecule is c1ccc(-c2ccc(N(c3ccc4c5ccccc5c5ccccc5c4c3)c3cc4c(cc3-c3cccc5c3sc3ccccc35)-c3ccccc3C43c4ccccc4-c4ccccc43)c(-c3ccccc3)c2)cc1. The Kier molecular flexibility index (Phi) is 9.19. The monoisotopic (exact) mass is 967 g/mol. The van der Waals surface area contributed by atoms with Crippen molar-refractivity contribution in [3.05, 3.63) is 295 Å². The zero-order chi connectivity index (χ0) is 49.2. The van der Waals surface area contributed by atoms with Crippen molar-refractivity contribution in [2.75, 3.05) is 4.90 Å². The number of hydrogen-bond donors (Lipinski definition) is 0. The highest BCUT2D eigenvalue weighted by molar-refractivity contribution is 7.26. The average molecular weight is 968 g/mol. The van der Waals surface area contributed by atoms with Crippen molar-refractivity contribution in [2.24, 2.45) is 0 Å². The summed E-state index contributed by atoms with van der Waals surface area (Å²) in [6.07, 6.45) is 0. The molecule has 2 aliphatic rings. The number of fused-ring (bicyclic) bond motifs is 19. The summed E-state index contributed by atoms with van der Waals surface area (Å²) in [7, 11) is 0. The van der Waals surface area contributed by atoms with E-state index in [1.807, 2.05) is 11.3 Å². The molecule has 0 radical (unpaired) electrons. The molecule has 0 atom stereocenters. The number of anilines is 3. The molecule has 0 amide bonds. The molecular weight excluding hydrogens is 923 g/mol. The van der Waals surface area contributed by atoms with Gasteiger partial charge in [0.1, 0.15) is 0 Å². The van der Waals surface area contributed by atoms with Gasteiger partial charge in [-0.05, 0) is 136 Å². The highest BCUT2D eigenvalue weighted by Gasteiger charge is 2.52. The Hall–Kier alpha value is -9.34. The summed E-state index contributed by atoms with van der Waals surface area (Å²) in [6.45, 7) is 0. The third-order valence-electron chi connectivity index (χ3n) is 16.5. The first kappa shape index (κ1) is 42.2. The van der Waals surface area contributed by atoms with Crippen LogP contribution in [-0.4, -0.2) is 0 Å². The molecule has 2 heteroatoms. The minimum atomic E-state index is -0.556. The van der Waals surface area contributed by atoms with Gasteiger partial charge < -0.3 is 4.90 Å². The fourth-order valence-electron chi connectivity index (χ4n) is 13.3. The molecule has 75 heavy (non-hydrogen) atoms. The Morgan fingerprint density at radius 3 is 1.41 bits per heavy atom. The molecule has 0 saturated heterocycles. The molecule has 0 fully saturated rings. The summed E-state index contributed by atoms with van der Waals surface area (Å²) >= 11 is 1.90. The van der Waals surface area contributed by atoms with Gasteiger partial charge in [-0.15, -0.1) is 11.3 Å². The van der Waals surface area contributed by atoms with Gasteiger partial charge in [0.25, 0.3) is 0 Å². The molecular formula is C73H45NS. The van der Waals surface area contributed by atoms with Crippen LogP contribution >= 0.6 is 11.3 Å². The molecule has 0 N–H and O–H groups in total. The molecule has 1 heterocycles. The van der Waals surface area contributed by atoms with Gasteiger partial charge in [0, 0.05) is 42.6 Å². The van der Waals surface area contributed by atoms with E-state index in [0.29, 0.717) is 0 Å². The van der Waals surface area contributed by atoms with Crippen molar-refractivity contribution in [3.63, 3.8) is 0 Å². The van der Waals surface area contributed by atoms with Crippen LogP contribution in [0.3, 0.4) is 0 Å². The van der Waals surface area contributed by atoms with Gasteiger partial charge in [0.15, 0.2) is 0 Å². The highest BCUT2D eigenvalue weighted by Crippen LogP contribution is 2.65. The summed E-state index contributed by atoms with van der Waals surface area (Å²) < 4.78 is 2.58. The number of nitrogens with zero attached hydrogens (tertiary/aromatic N) is 1. The van der Waals surface area contributed by atoms with Crippen LogP contribution in [-0.2, 0) is 5.41 Å². The summed E-state index contributed by atoms with van der Waals surface area (Å²) in [6, 6.07) is 103. The Bertz CT molecular complexity index is 4580. The molecule has 1 nitrogen and oxygen atoms in total. The zero-order valence-corrected chi connectivity index (χ0v) is 41.7. The molecule has 16 rings (SSSR count). The van der Waals surface area contributed by atoms with E-state index >= 15 is 0 Å². The van der Waals surface area contributed by atoms with Crippen LogP contribution in [0.2, 0.25) is 0 Å². The van der Waals surface area contributed by atoms with E-state index in [4.69, 9.17) is 0 Å². The largest absolute Gasteiger partial charge is 0.309 e. The number of rotatable bonds is 6. The van der Waals surface area contributed by atoms with Crippen LogP contribution in [0.1, 0.15) is 22.3 Å². The lowest BCUT2D eigenvalue weighted by Crippen LogP contribution is -2.26. The number of hydrogen-bond acceptors (Lipinski definition) is 2. The Labute approximate surface area is 439 Å².